The maximum absolute atomic E-state index is 5.21. The van der Waals surface area contributed by atoms with Crippen LogP contribution in [0.25, 0.3) is 0 Å². The fourth-order valence-corrected chi connectivity index (χ4v) is 0.580. The van der Waals surface area contributed by atoms with Crippen molar-refractivity contribution in [3.8, 4) is 12.3 Å². The molecule has 0 aromatic heterocycles. The number of terminal acetylenes is 1. The predicted molar refractivity (Wildman–Crippen MR) is 51.4 cm³/mol. The van der Waals surface area contributed by atoms with Gasteiger partial charge in [0.25, 0.3) is 0 Å². The van der Waals surface area contributed by atoms with Crippen LogP contribution in [-0.2, 0) is 9.47 Å². The molecule has 0 heterocycles. The Kier molecular flexibility index (Phi) is 15.8. The molecule has 0 aliphatic carbocycles. The van der Waals surface area contributed by atoms with Gasteiger partial charge in [-0.05, 0) is 6.42 Å². The van der Waals surface area contributed by atoms with E-state index in [4.69, 9.17) is 21.6 Å². The van der Waals surface area contributed by atoms with Gasteiger partial charge in [-0.3, -0.25) is 0 Å². The van der Waals surface area contributed by atoms with Gasteiger partial charge < -0.3 is 15.2 Å². The van der Waals surface area contributed by atoms with E-state index >= 15 is 0 Å². The Balaban J connectivity index is 0. The Morgan fingerprint density at radius 3 is 2.42 bits per heavy atom. The van der Waals surface area contributed by atoms with Gasteiger partial charge in [0.2, 0.25) is 0 Å². The molecule has 0 aromatic carbocycles. The lowest BCUT2D eigenvalue weighted by Crippen LogP contribution is -2.10. The van der Waals surface area contributed by atoms with E-state index in [9.17, 15) is 0 Å². The van der Waals surface area contributed by atoms with Gasteiger partial charge >= 0.3 is 0 Å². The summed E-state index contributed by atoms with van der Waals surface area (Å²) in [6.45, 7) is 2.94. The SMILES string of the molecule is C#CCOCCCOCCN.Cl. The number of hydrogen-bond donors (Lipinski definition) is 1. The third kappa shape index (κ3) is 12.4. The molecule has 0 saturated carbocycles. The maximum atomic E-state index is 5.21. The van der Waals surface area contributed by atoms with Gasteiger partial charge in [0.1, 0.15) is 6.61 Å². The second-order valence-corrected chi connectivity index (χ2v) is 2.01. The van der Waals surface area contributed by atoms with E-state index in [1.807, 2.05) is 0 Å². The van der Waals surface area contributed by atoms with Crippen LogP contribution in [0.3, 0.4) is 0 Å². The van der Waals surface area contributed by atoms with Crippen LogP contribution in [0.4, 0.5) is 0 Å². The zero-order valence-electron chi connectivity index (χ0n) is 7.12. The van der Waals surface area contributed by atoms with Gasteiger partial charge in [-0.15, -0.1) is 18.8 Å². The average molecular weight is 194 g/mol. The molecule has 0 radical (unpaired) electrons. The second kappa shape index (κ2) is 13.3. The molecule has 0 amide bonds. The van der Waals surface area contributed by atoms with Crippen molar-refractivity contribution in [3.63, 3.8) is 0 Å². The van der Waals surface area contributed by atoms with Gasteiger partial charge in [0.05, 0.1) is 13.2 Å². The molecule has 0 aliphatic heterocycles. The number of rotatable bonds is 7. The first-order valence-corrected chi connectivity index (χ1v) is 3.71. The number of halogens is 1. The van der Waals surface area contributed by atoms with Gasteiger partial charge in [-0.2, -0.15) is 0 Å². The normalized spacial score (nSPS) is 8.67. The molecule has 0 fully saturated rings. The summed E-state index contributed by atoms with van der Waals surface area (Å²) in [7, 11) is 0. The summed E-state index contributed by atoms with van der Waals surface area (Å²) >= 11 is 0. The van der Waals surface area contributed by atoms with Crippen molar-refractivity contribution < 1.29 is 9.47 Å². The molecule has 0 saturated heterocycles. The second-order valence-electron chi connectivity index (χ2n) is 2.01. The first kappa shape index (κ1) is 14.3. The highest BCUT2D eigenvalue weighted by Gasteiger charge is 1.87. The van der Waals surface area contributed by atoms with E-state index in [0.29, 0.717) is 33.0 Å². The van der Waals surface area contributed by atoms with E-state index in [-0.39, 0.29) is 12.4 Å². The average Bonchev–Trinajstić information content (AvgIpc) is 2.03. The summed E-state index contributed by atoms with van der Waals surface area (Å²) in [5.41, 5.74) is 5.21. The number of ether oxygens (including phenoxy) is 2. The van der Waals surface area contributed by atoms with Crippen LogP contribution in [0.1, 0.15) is 6.42 Å². The van der Waals surface area contributed by atoms with E-state index in [0.717, 1.165) is 6.42 Å². The number of nitrogens with two attached hydrogens (primary N) is 1. The van der Waals surface area contributed by atoms with Crippen LogP contribution in [0.2, 0.25) is 0 Å². The van der Waals surface area contributed by atoms with E-state index < -0.39 is 0 Å². The Morgan fingerprint density at radius 2 is 1.83 bits per heavy atom. The molecule has 2 N–H and O–H groups in total. The molecular weight excluding hydrogens is 178 g/mol. The minimum Gasteiger partial charge on any atom is -0.380 e. The summed E-state index contributed by atoms with van der Waals surface area (Å²) in [5.74, 6) is 2.39. The van der Waals surface area contributed by atoms with Crippen LogP contribution in [0.15, 0.2) is 0 Å². The maximum Gasteiger partial charge on any atom is 0.107 e. The standard InChI is InChI=1S/C8H15NO2.ClH/c1-2-5-10-6-3-7-11-8-4-9;/h1H,3-9H2;1H. The highest BCUT2D eigenvalue weighted by molar-refractivity contribution is 5.85. The van der Waals surface area contributed by atoms with E-state index in [1.165, 1.54) is 0 Å². The number of hydrogen-bond acceptors (Lipinski definition) is 3. The first-order chi connectivity index (χ1) is 5.41. The third-order valence-corrected chi connectivity index (χ3v) is 1.02. The zero-order valence-corrected chi connectivity index (χ0v) is 7.94. The lowest BCUT2D eigenvalue weighted by atomic mass is 10.5. The molecule has 4 heteroatoms. The van der Waals surface area contributed by atoms with E-state index in [1.54, 1.807) is 0 Å². The molecule has 0 rings (SSSR count). The van der Waals surface area contributed by atoms with Crippen molar-refractivity contribution in [3.05, 3.63) is 0 Å². The van der Waals surface area contributed by atoms with Gasteiger partial charge in [0.15, 0.2) is 0 Å². The van der Waals surface area contributed by atoms with Crippen LogP contribution >= 0.6 is 12.4 Å². The van der Waals surface area contributed by atoms with Gasteiger partial charge in [-0.1, -0.05) is 5.92 Å². The lowest BCUT2D eigenvalue weighted by molar-refractivity contribution is 0.0986. The minimum absolute atomic E-state index is 0. The van der Waals surface area contributed by atoms with Gasteiger partial charge in [0, 0.05) is 13.2 Å². The lowest BCUT2D eigenvalue weighted by Gasteiger charge is -2.01. The molecule has 0 aliphatic rings. The molecule has 0 atom stereocenters. The molecule has 12 heavy (non-hydrogen) atoms. The van der Waals surface area contributed by atoms with Gasteiger partial charge in [-0.25, -0.2) is 0 Å². The topological polar surface area (TPSA) is 44.5 Å². The minimum atomic E-state index is 0. The summed E-state index contributed by atoms with van der Waals surface area (Å²) in [6, 6.07) is 0. The van der Waals surface area contributed by atoms with Crippen molar-refractivity contribution in [1.82, 2.24) is 0 Å². The monoisotopic (exact) mass is 193 g/mol. The Hall–Kier alpha value is -0.270. The third-order valence-electron chi connectivity index (χ3n) is 1.02. The Labute approximate surface area is 80.0 Å². The molecule has 0 bridgehead atoms. The van der Waals surface area contributed by atoms with Crippen LogP contribution in [0, 0.1) is 12.3 Å². The smallest absolute Gasteiger partial charge is 0.107 e. The molecule has 3 nitrogen and oxygen atoms in total. The van der Waals surface area contributed by atoms with E-state index in [2.05, 4.69) is 5.92 Å². The quantitative estimate of drug-likeness (QED) is 0.471. The predicted octanol–water partition coefficient (Wildman–Crippen LogP) is 0.423. The molecule has 0 unspecified atom stereocenters. The Morgan fingerprint density at radius 1 is 1.17 bits per heavy atom. The Bertz CT molecular complexity index is 114. The summed E-state index contributed by atoms with van der Waals surface area (Å²) in [6.07, 6.45) is 5.84. The first-order valence-electron chi connectivity index (χ1n) is 3.71. The fraction of sp³-hybridized carbons (Fsp3) is 0.750. The summed E-state index contributed by atoms with van der Waals surface area (Å²) in [5, 5.41) is 0. The van der Waals surface area contributed by atoms with Crippen LogP contribution in [0.5, 0.6) is 0 Å². The summed E-state index contributed by atoms with van der Waals surface area (Å²) in [4.78, 5) is 0. The summed E-state index contributed by atoms with van der Waals surface area (Å²) < 4.78 is 10.1. The highest BCUT2D eigenvalue weighted by atomic mass is 35.5. The highest BCUT2D eigenvalue weighted by Crippen LogP contribution is 1.83. The van der Waals surface area contributed by atoms with Crippen LogP contribution in [-0.4, -0.2) is 33.0 Å². The molecule has 0 aromatic rings. The van der Waals surface area contributed by atoms with Crippen molar-refractivity contribution in [2.75, 3.05) is 33.0 Å². The fourth-order valence-electron chi connectivity index (χ4n) is 0.580. The van der Waals surface area contributed by atoms with Crippen molar-refractivity contribution in [2.45, 2.75) is 6.42 Å². The van der Waals surface area contributed by atoms with Crippen molar-refractivity contribution in [2.24, 2.45) is 5.73 Å². The zero-order chi connectivity index (χ0) is 8.36. The molecule has 72 valence electrons. The van der Waals surface area contributed by atoms with Crippen molar-refractivity contribution in [1.29, 1.82) is 0 Å². The molecule has 0 spiro atoms. The van der Waals surface area contributed by atoms with Crippen LogP contribution < -0.4 is 5.73 Å². The molecular formula is C8H16ClNO2. The van der Waals surface area contributed by atoms with Crippen molar-refractivity contribution >= 4 is 12.4 Å². The largest absolute Gasteiger partial charge is 0.380 e.